The molecule has 20 heavy (non-hydrogen) atoms. The van der Waals surface area contributed by atoms with E-state index in [1.807, 2.05) is 0 Å². The lowest BCUT2D eigenvalue weighted by molar-refractivity contribution is -0.00198. The fraction of sp³-hybridized carbons (Fsp3) is 1.00. The molecule has 0 amide bonds. The predicted octanol–water partition coefficient (Wildman–Crippen LogP) is 4.07. The highest BCUT2D eigenvalue weighted by Crippen LogP contribution is 2.41. The molecule has 2 aliphatic carbocycles. The molecule has 0 aromatic heterocycles. The molecule has 0 heterocycles. The second-order valence-electron chi connectivity index (χ2n) is 8.23. The van der Waals surface area contributed by atoms with Crippen molar-refractivity contribution in [3.63, 3.8) is 0 Å². The molecular weight excluding hydrogens is 246 g/mol. The van der Waals surface area contributed by atoms with Gasteiger partial charge < -0.3 is 10.0 Å². The van der Waals surface area contributed by atoms with Crippen molar-refractivity contribution in [2.45, 2.75) is 84.8 Å². The summed E-state index contributed by atoms with van der Waals surface area (Å²) in [4.78, 5) is 2.66. The molecule has 0 bridgehead atoms. The number of hydrogen-bond acceptors (Lipinski definition) is 2. The van der Waals surface area contributed by atoms with Gasteiger partial charge >= 0.3 is 0 Å². The van der Waals surface area contributed by atoms with E-state index in [0.29, 0.717) is 11.3 Å². The topological polar surface area (TPSA) is 23.5 Å². The molecule has 2 aliphatic rings. The van der Waals surface area contributed by atoms with Crippen LogP contribution in [-0.4, -0.2) is 35.2 Å². The Morgan fingerprint density at radius 3 is 2.25 bits per heavy atom. The van der Waals surface area contributed by atoms with Crippen LogP contribution in [0.4, 0.5) is 0 Å². The molecule has 0 radical (unpaired) electrons. The standard InChI is InChI=1S/C18H35NO/c1-5-19(16-8-6-7-9-16)13-14-12-15(18(2,3)4)10-11-17(14)20/h14-17,20H,5-13H2,1-4H3. The SMILES string of the molecule is CCN(CC1CC(C(C)(C)C)CCC1O)C1CCCC1. The van der Waals surface area contributed by atoms with Crippen molar-refractivity contribution < 1.29 is 5.11 Å². The molecule has 2 heteroatoms. The van der Waals surface area contributed by atoms with Gasteiger partial charge in [0.2, 0.25) is 0 Å². The lowest BCUT2D eigenvalue weighted by Crippen LogP contribution is -2.44. The van der Waals surface area contributed by atoms with Gasteiger partial charge in [-0.1, -0.05) is 40.5 Å². The summed E-state index contributed by atoms with van der Waals surface area (Å²) < 4.78 is 0. The number of rotatable bonds is 4. The quantitative estimate of drug-likeness (QED) is 0.839. The van der Waals surface area contributed by atoms with Crippen LogP contribution in [-0.2, 0) is 0 Å². The summed E-state index contributed by atoms with van der Waals surface area (Å²) in [5.74, 6) is 1.27. The Bertz CT molecular complexity index is 290. The van der Waals surface area contributed by atoms with E-state index in [1.54, 1.807) is 0 Å². The average molecular weight is 281 g/mol. The van der Waals surface area contributed by atoms with Gasteiger partial charge in [0.15, 0.2) is 0 Å². The van der Waals surface area contributed by atoms with Gasteiger partial charge in [0.05, 0.1) is 6.10 Å². The fourth-order valence-electron chi connectivity index (χ4n) is 4.34. The van der Waals surface area contributed by atoms with E-state index in [-0.39, 0.29) is 6.10 Å². The summed E-state index contributed by atoms with van der Waals surface area (Å²) in [6, 6.07) is 0.794. The maximum atomic E-state index is 10.4. The molecule has 3 unspecified atom stereocenters. The predicted molar refractivity (Wildman–Crippen MR) is 85.8 cm³/mol. The highest BCUT2D eigenvalue weighted by molar-refractivity contribution is 4.88. The second kappa shape index (κ2) is 6.79. The third-order valence-electron chi connectivity index (χ3n) is 5.88. The van der Waals surface area contributed by atoms with Crippen molar-refractivity contribution in [1.29, 1.82) is 0 Å². The minimum absolute atomic E-state index is 0.0657. The molecule has 3 atom stereocenters. The van der Waals surface area contributed by atoms with E-state index in [1.165, 1.54) is 38.5 Å². The smallest absolute Gasteiger partial charge is 0.0580 e. The number of nitrogens with zero attached hydrogens (tertiary/aromatic N) is 1. The molecule has 0 saturated heterocycles. The highest BCUT2D eigenvalue weighted by atomic mass is 16.3. The van der Waals surface area contributed by atoms with Crippen LogP contribution in [0, 0.1) is 17.3 Å². The Balaban J connectivity index is 1.94. The van der Waals surface area contributed by atoms with Gasteiger partial charge in [-0.15, -0.1) is 0 Å². The second-order valence-corrected chi connectivity index (χ2v) is 8.23. The first-order chi connectivity index (χ1) is 9.41. The molecule has 2 fully saturated rings. The molecule has 0 aromatic rings. The van der Waals surface area contributed by atoms with Gasteiger partial charge in [-0.05, 0) is 55.9 Å². The van der Waals surface area contributed by atoms with Crippen LogP contribution in [0.5, 0.6) is 0 Å². The normalized spacial score (nSPS) is 33.0. The van der Waals surface area contributed by atoms with Crippen LogP contribution in [0.3, 0.4) is 0 Å². The van der Waals surface area contributed by atoms with Gasteiger partial charge in [-0.3, -0.25) is 0 Å². The van der Waals surface area contributed by atoms with Crippen LogP contribution in [0.15, 0.2) is 0 Å². The molecule has 0 spiro atoms. The van der Waals surface area contributed by atoms with Gasteiger partial charge in [0.1, 0.15) is 0 Å². The van der Waals surface area contributed by atoms with Gasteiger partial charge in [0.25, 0.3) is 0 Å². The van der Waals surface area contributed by atoms with E-state index in [0.717, 1.165) is 31.5 Å². The van der Waals surface area contributed by atoms with Gasteiger partial charge in [0, 0.05) is 12.6 Å². The van der Waals surface area contributed by atoms with Crippen molar-refractivity contribution in [3.8, 4) is 0 Å². The van der Waals surface area contributed by atoms with Crippen LogP contribution >= 0.6 is 0 Å². The van der Waals surface area contributed by atoms with Crippen LogP contribution in [0.2, 0.25) is 0 Å². The minimum Gasteiger partial charge on any atom is -0.393 e. The van der Waals surface area contributed by atoms with Crippen molar-refractivity contribution in [2.24, 2.45) is 17.3 Å². The number of hydrogen-bond donors (Lipinski definition) is 1. The molecule has 2 nitrogen and oxygen atoms in total. The molecule has 118 valence electrons. The zero-order valence-corrected chi connectivity index (χ0v) is 14.1. The third kappa shape index (κ3) is 3.98. The zero-order valence-electron chi connectivity index (χ0n) is 14.1. The summed E-state index contributed by atoms with van der Waals surface area (Å²) >= 11 is 0. The monoisotopic (exact) mass is 281 g/mol. The summed E-state index contributed by atoms with van der Waals surface area (Å²) in [6.07, 6.45) is 8.92. The van der Waals surface area contributed by atoms with E-state index in [2.05, 4.69) is 32.6 Å². The van der Waals surface area contributed by atoms with E-state index in [9.17, 15) is 5.11 Å². The first kappa shape index (κ1) is 16.3. The Labute approximate surface area is 125 Å². The first-order valence-corrected chi connectivity index (χ1v) is 8.84. The molecule has 0 aliphatic heterocycles. The number of aliphatic hydroxyl groups is 1. The average Bonchev–Trinajstić information content (AvgIpc) is 2.90. The first-order valence-electron chi connectivity index (χ1n) is 8.84. The van der Waals surface area contributed by atoms with Crippen molar-refractivity contribution in [2.75, 3.05) is 13.1 Å². The maximum Gasteiger partial charge on any atom is 0.0580 e. The zero-order chi connectivity index (χ0) is 14.8. The van der Waals surface area contributed by atoms with E-state index >= 15 is 0 Å². The Kier molecular flexibility index (Phi) is 5.53. The maximum absolute atomic E-state index is 10.4. The minimum atomic E-state index is -0.0657. The number of aliphatic hydroxyl groups excluding tert-OH is 1. The van der Waals surface area contributed by atoms with Crippen LogP contribution in [0.25, 0.3) is 0 Å². The highest BCUT2D eigenvalue weighted by Gasteiger charge is 2.36. The van der Waals surface area contributed by atoms with Crippen molar-refractivity contribution in [3.05, 3.63) is 0 Å². The van der Waals surface area contributed by atoms with Crippen molar-refractivity contribution in [1.82, 2.24) is 4.90 Å². The molecular formula is C18H35NO. The molecule has 2 saturated carbocycles. The largest absolute Gasteiger partial charge is 0.393 e. The third-order valence-corrected chi connectivity index (χ3v) is 5.88. The summed E-state index contributed by atoms with van der Waals surface area (Å²) in [7, 11) is 0. The van der Waals surface area contributed by atoms with E-state index < -0.39 is 0 Å². The van der Waals surface area contributed by atoms with Crippen LogP contribution < -0.4 is 0 Å². The van der Waals surface area contributed by atoms with Gasteiger partial charge in [-0.25, -0.2) is 0 Å². The Hall–Kier alpha value is -0.0800. The van der Waals surface area contributed by atoms with Crippen LogP contribution in [0.1, 0.15) is 72.6 Å². The lowest BCUT2D eigenvalue weighted by atomic mass is 9.68. The summed E-state index contributed by atoms with van der Waals surface area (Å²) in [5, 5.41) is 10.4. The summed E-state index contributed by atoms with van der Waals surface area (Å²) in [6.45, 7) is 11.6. The molecule has 0 aromatic carbocycles. The summed E-state index contributed by atoms with van der Waals surface area (Å²) in [5.41, 5.74) is 0.392. The Morgan fingerprint density at radius 2 is 1.70 bits per heavy atom. The fourth-order valence-corrected chi connectivity index (χ4v) is 4.34. The van der Waals surface area contributed by atoms with Gasteiger partial charge in [-0.2, -0.15) is 0 Å². The Morgan fingerprint density at radius 1 is 1.05 bits per heavy atom. The molecule has 2 rings (SSSR count). The molecule has 1 N–H and O–H groups in total. The lowest BCUT2D eigenvalue weighted by Gasteiger charge is -2.42. The van der Waals surface area contributed by atoms with Crippen molar-refractivity contribution >= 4 is 0 Å². The van der Waals surface area contributed by atoms with E-state index in [4.69, 9.17) is 0 Å².